The van der Waals surface area contributed by atoms with Crippen molar-refractivity contribution >= 4 is 0 Å². The fourth-order valence-electron chi connectivity index (χ4n) is 2.14. The molecule has 3 heteroatoms. The Morgan fingerprint density at radius 2 is 2.00 bits per heavy atom. The summed E-state index contributed by atoms with van der Waals surface area (Å²) >= 11 is 0. The molecule has 1 fully saturated rings. The number of likely N-dealkylation sites (tertiary alicyclic amines) is 1. The van der Waals surface area contributed by atoms with Gasteiger partial charge in [0.05, 0.1) is 0 Å². The van der Waals surface area contributed by atoms with E-state index in [2.05, 4.69) is 17.1 Å². The minimum absolute atomic E-state index is 0.209. The Morgan fingerprint density at radius 1 is 1.38 bits per heavy atom. The van der Waals surface area contributed by atoms with Crippen LogP contribution in [0.5, 0.6) is 0 Å². The first-order valence-corrected chi connectivity index (χ1v) is 5.28. The van der Waals surface area contributed by atoms with E-state index in [0.717, 1.165) is 38.9 Å². The molecule has 0 aromatic heterocycles. The van der Waals surface area contributed by atoms with Gasteiger partial charge in [0.15, 0.2) is 0 Å². The normalized spacial score (nSPS) is 23.3. The maximum atomic E-state index is 8.98. The number of rotatable bonds is 4. The Hall–Kier alpha value is -0.120. The molecule has 0 aliphatic carbocycles. The summed E-state index contributed by atoms with van der Waals surface area (Å²) in [5, 5.41) is 12.4. The summed E-state index contributed by atoms with van der Waals surface area (Å²) in [6.45, 7) is 5.99. The quantitative estimate of drug-likeness (QED) is 0.669. The highest BCUT2D eigenvalue weighted by atomic mass is 16.3. The zero-order valence-electron chi connectivity index (χ0n) is 8.84. The molecule has 0 aromatic carbocycles. The molecule has 1 aliphatic rings. The molecule has 0 amide bonds. The molecule has 13 heavy (non-hydrogen) atoms. The first kappa shape index (κ1) is 11.0. The fraction of sp³-hybridized carbons (Fsp3) is 1.00. The van der Waals surface area contributed by atoms with Crippen molar-refractivity contribution in [3.05, 3.63) is 0 Å². The highest BCUT2D eigenvalue weighted by molar-refractivity contribution is 4.91. The van der Waals surface area contributed by atoms with Crippen LogP contribution in [0.1, 0.15) is 26.2 Å². The molecule has 0 saturated carbocycles. The summed E-state index contributed by atoms with van der Waals surface area (Å²) in [6.07, 6.45) is 3.22. The van der Waals surface area contributed by atoms with Crippen molar-refractivity contribution in [2.45, 2.75) is 31.7 Å². The number of nitrogens with zero attached hydrogens (tertiary/aromatic N) is 1. The van der Waals surface area contributed by atoms with Crippen LogP contribution in [0.4, 0.5) is 0 Å². The minimum Gasteiger partial charge on any atom is -0.396 e. The fourth-order valence-corrected chi connectivity index (χ4v) is 2.14. The number of nitrogens with one attached hydrogen (secondary N) is 1. The maximum absolute atomic E-state index is 8.98. The molecule has 1 heterocycles. The summed E-state index contributed by atoms with van der Waals surface area (Å²) in [7, 11) is 2.01. The average Bonchev–Trinajstić information content (AvgIpc) is 2.19. The van der Waals surface area contributed by atoms with Crippen LogP contribution in [-0.4, -0.2) is 48.8 Å². The first-order chi connectivity index (χ1) is 6.26. The molecule has 1 saturated heterocycles. The predicted octanol–water partition coefficient (Wildman–Crippen LogP) is 0.443. The van der Waals surface area contributed by atoms with Crippen molar-refractivity contribution in [2.75, 3.05) is 33.3 Å². The summed E-state index contributed by atoms with van der Waals surface area (Å²) in [6, 6.07) is 0. The second-order valence-corrected chi connectivity index (χ2v) is 3.94. The monoisotopic (exact) mass is 186 g/mol. The number of hydrogen-bond acceptors (Lipinski definition) is 3. The molecule has 1 rings (SSSR count). The Bertz CT molecular complexity index is 142. The van der Waals surface area contributed by atoms with E-state index in [9.17, 15) is 0 Å². The summed E-state index contributed by atoms with van der Waals surface area (Å²) in [4.78, 5) is 2.47. The van der Waals surface area contributed by atoms with Gasteiger partial charge >= 0.3 is 0 Å². The molecular weight excluding hydrogens is 164 g/mol. The molecular formula is C10H22N2O. The van der Waals surface area contributed by atoms with Gasteiger partial charge < -0.3 is 15.3 Å². The first-order valence-electron chi connectivity index (χ1n) is 5.28. The van der Waals surface area contributed by atoms with Crippen molar-refractivity contribution in [2.24, 2.45) is 0 Å². The summed E-state index contributed by atoms with van der Waals surface area (Å²) < 4.78 is 0. The van der Waals surface area contributed by atoms with E-state index in [0.29, 0.717) is 6.61 Å². The van der Waals surface area contributed by atoms with Gasteiger partial charge in [0.1, 0.15) is 0 Å². The van der Waals surface area contributed by atoms with E-state index in [1.165, 1.54) is 0 Å². The van der Waals surface area contributed by atoms with Gasteiger partial charge in [-0.05, 0) is 45.9 Å². The molecule has 0 bridgehead atoms. The maximum Gasteiger partial charge on any atom is 0.0448 e. The Kier molecular flexibility index (Phi) is 4.16. The van der Waals surface area contributed by atoms with E-state index in [-0.39, 0.29) is 5.54 Å². The van der Waals surface area contributed by atoms with Crippen LogP contribution in [0.3, 0.4) is 0 Å². The number of aliphatic hydroxyl groups excluding tert-OH is 1. The van der Waals surface area contributed by atoms with E-state index in [1.807, 2.05) is 7.05 Å². The third-order valence-electron chi connectivity index (χ3n) is 3.38. The van der Waals surface area contributed by atoms with Gasteiger partial charge in [-0.2, -0.15) is 0 Å². The third kappa shape index (κ3) is 2.66. The van der Waals surface area contributed by atoms with Gasteiger partial charge in [-0.15, -0.1) is 0 Å². The molecule has 2 N–H and O–H groups in total. The van der Waals surface area contributed by atoms with Crippen molar-refractivity contribution in [1.29, 1.82) is 0 Å². The molecule has 1 aliphatic heterocycles. The van der Waals surface area contributed by atoms with E-state index in [4.69, 9.17) is 5.11 Å². The van der Waals surface area contributed by atoms with Gasteiger partial charge in [0.25, 0.3) is 0 Å². The molecule has 78 valence electrons. The van der Waals surface area contributed by atoms with Crippen LogP contribution in [0.2, 0.25) is 0 Å². The second-order valence-electron chi connectivity index (χ2n) is 3.94. The van der Waals surface area contributed by atoms with Gasteiger partial charge in [0, 0.05) is 12.1 Å². The van der Waals surface area contributed by atoms with Crippen LogP contribution in [0.25, 0.3) is 0 Å². The molecule has 3 nitrogen and oxygen atoms in total. The van der Waals surface area contributed by atoms with E-state index < -0.39 is 0 Å². The summed E-state index contributed by atoms with van der Waals surface area (Å²) in [5.41, 5.74) is 0.209. The number of aliphatic hydroxyl groups is 1. The average molecular weight is 186 g/mol. The summed E-state index contributed by atoms with van der Waals surface area (Å²) in [5.74, 6) is 0. The lowest BCUT2D eigenvalue weighted by atomic mass is 9.85. The van der Waals surface area contributed by atoms with Crippen LogP contribution in [0.15, 0.2) is 0 Å². The largest absolute Gasteiger partial charge is 0.396 e. The van der Waals surface area contributed by atoms with E-state index >= 15 is 0 Å². The molecule has 0 radical (unpaired) electrons. The van der Waals surface area contributed by atoms with E-state index in [1.54, 1.807) is 0 Å². The smallest absolute Gasteiger partial charge is 0.0448 e. The molecule has 0 unspecified atom stereocenters. The van der Waals surface area contributed by atoms with Crippen molar-refractivity contribution in [1.82, 2.24) is 10.2 Å². The van der Waals surface area contributed by atoms with Gasteiger partial charge in [0.2, 0.25) is 0 Å². The second kappa shape index (κ2) is 4.94. The van der Waals surface area contributed by atoms with Gasteiger partial charge in [-0.1, -0.05) is 6.92 Å². The SMILES string of the molecule is CCN1CCC(CCO)(NC)CC1. The van der Waals surface area contributed by atoms with Crippen LogP contribution in [-0.2, 0) is 0 Å². The Labute approximate surface area is 81.1 Å². The number of hydrogen-bond donors (Lipinski definition) is 2. The Balaban J connectivity index is 2.42. The van der Waals surface area contributed by atoms with Gasteiger partial charge in [-0.3, -0.25) is 0 Å². The van der Waals surface area contributed by atoms with Crippen LogP contribution >= 0.6 is 0 Å². The number of piperidine rings is 1. The minimum atomic E-state index is 0.209. The van der Waals surface area contributed by atoms with Crippen LogP contribution in [0, 0.1) is 0 Å². The Morgan fingerprint density at radius 3 is 2.38 bits per heavy atom. The molecule has 0 aromatic rings. The lowest BCUT2D eigenvalue weighted by molar-refractivity contribution is 0.118. The van der Waals surface area contributed by atoms with Gasteiger partial charge in [-0.25, -0.2) is 0 Å². The van der Waals surface area contributed by atoms with Crippen molar-refractivity contribution in [3.8, 4) is 0 Å². The molecule has 0 spiro atoms. The standard InChI is InChI=1S/C10H22N2O/c1-3-12-7-4-10(11-2,5-8-12)6-9-13/h11,13H,3-9H2,1-2H3. The van der Waals surface area contributed by atoms with Crippen molar-refractivity contribution < 1.29 is 5.11 Å². The zero-order chi connectivity index (χ0) is 9.73. The van der Waals surface area contributed by atoms with Crippen LogP contribution < -0.4 is 5.32 Å². The third-order valence-corrected chi connectivity index (χ3v) is 3.38. The lowest BCUT2D eigenvalue weighted by Crippen LogP contribution is -2.52. The predicted molar refractivity (Wildman–Crippen MR) is 54.8 cm³/mol. The lowest BCUT2D eigenvalue weighted by Gasteiger charge is -2.41. The van der Waals surface area contributed by atoms with Crippen molar-refractivity contribution in [3.63, 3.8) is 0 Å². The topological polar surface area (TPSA) is 35.5 Å². The zero-order valence-corrected chi connectivity index (χ0v) is 8.84. The molecule has 0 atom stereocenters. The highest BCUT2D eigenvalue weighted by Gasteiger charge is 2.31. The highest BCUT2D eigenvalue weighted by Crippen LogP contribution is 2.24.